The zero-order valence-electron chi connectivity index (χ0n) is 12.6. The molecule has 1 aromatic carbocycles. The Hall–Kier alpha value is -0.940. The number of ether oxygens (including phenoxy) is 3. The summed E-state index contributed by atoms with van der Waals surface area (Å²) in [6, 6.07) is 9.95. The third-order valence-electron chi connectivity index (χ3n) is 3.52. The number of rotatable bonds is 4. The molecule has 1 heterocycles. The van der Waals surface area contributed by atoms with Gasteiger partial charge in [0.15, 0.2) is 5.79 Å². The molecule has 0 saturated carbocycles. The van der Waals surface area contributed by atoms with Gasteiger partial charge in [-0.3, -0.25) is 0 Å². The van der Waals surface area contributed by atoms with E-state index in [4.69, 9.17) is 14.2 Å². The molecule has 0 aromatic heterocycles. The van der Waals surface area contributed by atoms with Crippen LogP contribution in [0.1, 0.15) is 33.3 Å². The maximum Gasteiger partial charge on any atom is 0.164 e. The standard InChI is InChI=1S/C16H24O4/c1-12-14(17)16(4,20-15(2,3)19-12)11-18-10-13-8-6-5-7-9-13/h5-9,12,14,17H,10-11H2,1-4H3/t12-,14?,16-/m1/s1. The first-order valence-electron chi connectivity index (χ1n) is 7.00. The Morgan fingerprint density at radius 3 is 2.50 bits per heavy atom. The van der Waals surface area contributed by atoms with Crippen molar-refractivity contribution in [1.29, 1.82) is 0 Å². The lowest BCUT2D eigenvalue weighted by molar-refractivity contribution is -0.367. The number of benzene rings is 1. The molecule has 1 fully saturated rings. The van der Waals surface area contributed by atoms with E-state index in [1.807, 2.05) is 58.0 Å². The molecule has 0 amide bonds. The van der Waals surface area contributed by atoms with Gasteiger partial charge in [0, 0.05) is 0 Å². The van der Waals surface area contributed by atoms with E-state index in [0.717, 1.165) is 5.56 Å². The number of aliphatic hydroxyl groups excluding tert-OH is 1. The van der Waals surface area contributed by atoms with E-state index in [-0.39, 0.29) is 6.10 Å². The minimum absolute atomic E-state index is 0.288. The summed E-state index contributed by atoms with van der Waals surface area (Å²) < 4.78 is 17.2. The van der Waals surface area contributed by atoms with Gasteiger partial charge >= 0.3 is 0 Å². The first-order chi connectivity index (χ1) is 9.32. The first kappa shape index (κ1) is 15.4. The van der Waals surface area contributed by atoms with E-state index in [0.29, 0.717) is 13.2 Å². The summed E-state index contributed by atoms with van der Waals surface area (Å²) in [7, 11) is 0. The lowest BCUT2D eigenvalue weighted by Crippen LogP contribution is -2.62. The van der Waals surface area contributed by atoms with Crippen molar-refractivity contribution in [2.45, 2.75) is 57.9 Å². The molecule has 4 heteroatoms. The van der Waals surface area contributed by atoms with Crippen molar-refractivity contribution < 1.29 is 19.3 Å². The predicted molar refractivity (Wildman–Crippen MR) is 76.2 cm³/mol. The molecule has 4 nitrogen and oxygen atoms in total. The topological polar surface area (TPSA) is 47.9 Å². The zero-order chi connectivity index (χ0) is 14.8. The molecule has 1 unspecified atom stereocenters. The Labute approximate surface area is 120 Å². The molecule has 0 aliphatic carbocycles. The summed E-state index contributed by atoms with van der Waals surface area (Å²) in [5, 5.41) is 10.3. The Morgan fingerprint density at radius 2 is 1.85 bits per heavy atom. The van der Waals surface area contributed by atoms with Crippen molar-refractivity contribution in [1.82, 2.24) is 0 Å². The molecular weight excluding hydrogens is 256 g/mol. The third-order valence-corrected chi connectivity index (χ3v) is 3.52. The van der Waals surface area contributed by atoms with Crippen LogP contribution in [0.15, 0.2) is 30.3 Å². The van der Waals surface area contributed by atoms with Crippen molar-refractivity contribution in [2.75, 3.05) is 6.61 Å². The molecule has 20 heavy (non-hydrogen) atoms. The normalized spacial score (nSPS) is 33.0. The second kappa shape index (κ2) is 5.82. The van der Waals surface area contributed by atoms with Gasteiger partial charge in [-0.1, -0.05) is 30.3 Å². The van der Waals surface area contributed by atoms with Crippen LogP contribution in [0.4, 0.5) is 0 Å². The SMILES string of the molecule is C[C@H]1OC(C)(C)O[C@](C)(COCc2ccccc2)C1O. The van der Waals surface area contributed by atoms with Gasteiger partial charge in [-0.05, 0) is 33.3 Å². The van der Waals surface area contributed by atoms with Gasteiger partial charge in [-0.15, -0.1) is 0 Å². The fourth-order valence-corrected chi connectivity index (χ4v) is 2.72. The van der Waals surface area contributed by atoms with E-state index >= 15 is 0 Å². The Morgan fingerprint density at radius 1 is 1.20 bits per heavy atom. The minimum Gasteiger partial charge on any atom is -0.387 e. The van der Waals surface area contributed by atoms with Gasteiger partial charge in [0.2, 0.25) is 0 Å². The highest BCUT2D eigenvalue weighted by molar-refractivity contribution is 5.13. The van der Waals surface area contributed by atoms with Crippen molar-refractivity contribution >= 4 is 0 Å². The number of hydrogen-bond acceptors (Lipinski definition) is 4. The first-order valence-corrected chi connectivity index (χ1v) is 7.00. The smallest absolute Gasteiger partial charge is 0.164 e. The molecule has 1 N–H and O–H groups in total. The van der Waals surface area contributed by atoms with Crippen LogP contribution in [0.25, 0.3) is 0 Å². The quantitative estimate of drug-likeness (QED) is 0.920. The lowest BCUT2D eigenvalue weighted by atomic mass is 9.93. The van der Waals surface area contributed by atoms with Crippen LogP contribution in [0.3, 0.4) is 0 Å². The zero-order valence-corrected chi connectivity index (χ0v) is 12.6. The highest BCUT2D eigenvalue weighted by atomic mass is 16.7. The molecule has 1 aliphatic heterocycles. The van der Waals surface area contributed by atoms with E-state index in [1.165, 1.54) is 0 Å². The minimum atomic E-state index is -0.768. The Balaban J connectivity index is 1.95. The van der Waals surface area contributed by atoms with Crippen LogP contribution >= 0.6 is 0 Å². The molecule has 1 aliphatic rings. The van der Waals surface area contributed by atoms with Crippen molar-refractivity contribution in [3.05, 3.63) is 35.9 Å². The fraction of sp³-hybridized carbons (Fsp3) is 0.625. The van der Waals surface area contributed by atoms with Gasteiger partial charge in [-0.2, -0.15) is 0 Å². The van der Waals surface area contributed by atoms with Crippen molar-refractivity contribution in [3.63, 3.8) is 0 Å². The van der Waals surface area contributed by atoms with E-state index < -0.39 is 17.5 Å². The lowest BCUT2D eigenvalue weighted by Gasteiger charge is -2.48. The van der Waals surface area contributed by atoms with Crippen LogP contribution in [0.5, 0.6) is 0 Å². The van der Waals surface area contributed by atoms with Gasteiger partial charge in [0.1, 0.15) is 11.7 Å². The molecule has 0 radical (unpaired) electrons. The maximum atomic E-state index is 10.3. The van der Waals surface area contributed by atoms with Crippen LogP contribution < -0.4 is 0 Å². The monoisotopic (exact) mass is 280 g/mol. The summed E-state index contributed by atoms with van der Waals surface area (Å²) in [4.78, 5) is 0. The molecular formula is C16H24O4. The van der Waals surface area contributed by atoms with Gasteiger partial charge in [0.05, 0.1) is 19.3 Å². The van der Waals surface area contributed by atoms with Crippen LogP contribution in [-0.4, -0.2) is 35.3 Å². The number of hydrogen-bond donors (Lipinski definition) is 1. The van der Waals surface area contributed by atoms with E-state index in [9.17, 15) is 5.11 Å². The molecule has 0 bridgehead atoms. The molecule has 1 saturated heterocycles. The van der Waals surface area contributed by atoms with Crippen LogP contribution in [0.2, 0.25) is 0 Å². The molecule has 1 aromatic rings. The number of aliphatic hydroxyl groups is 1. The van der Waals surface area contributed by atoms with Gasteiger partial charge < -0.3 is 19.3 Å². The second-order valence-corrected chi connectivity index (χ2v) is 6.06. The Bertz CT molecular complexity index is 431. The fourth-order valence-electron chi connectivity index (χ4n) is 2.72. The molecule has 0 spiro atoms. The highest BCUT2D eigenvalue weighted by Gasteiger charge is 2.48. The second-order valence-electron chi connectivity index (χ2n) is 6.06. The van der Waals surface area contributed by atoms with Crippen molar-refractivity contribution in [2.24, 2.45) is 0 Å². The summed E-state index contributed by atoms with van der Waals surface area (Å²) >= 11 is 0. The van der Waals surface area contributed by atoms with Crippen LogP contribution in [-0.2, 0) is 20.8 Å². The molecule has 112 valence electrons. The average molecular weight is 280 g/mol. The van der Waals surface area contributed by atoms with Gasteiger partial charge in [-0.25, -0.2) is 0 Å². The van der Waals surface area contributed by atoms with Crippen LogP contribution in [0, 0.1) is 0 Å². The molecule has 2 rings (SSSR count). The molecule has 3 atom stereocenters. The highest BCUT2D eigenvalue weighted by Crippen LogP contribution is 2.34. The van der Waals surface area contributed by atoms with Gasteiger partial charge in [0.25, 0.3) is 0 Å². The third kappa shape index (κ3) is 3.58. The predicted octanol–water partition coefficient (Wildman–Crippen LogP) is 2.49. The maximum absolute atomic E-state index is 10.3. The van der Waals surface area contributed by atoms with E-state index in [2.05, 4.69) is 0 Å². The van der Waals surface area contributed by atoms with Crippen molar-refractivity contribution in [3.8, 4) is 0 Å². The van der Waals surface area contributed by atoms with E-state index in [1.54, 1.807) is 0 Å². The average Bonchev–Trinajstić information content (AvgIpc) is 2.36. The Kier molecular flexibility index (Phi) is 4.49. The summed E-state index contributed by atoms with van der Waals surface area (Å²) in [5.41, 5.74) is 0.334. The summed E-state index contributed by atoms with van der Waals surface area (Å²) in [6.45, 7) is 8.24. The largest absolute Gasteiger partial charge is 0.387 e. The summed E-state index contributed by atoms with van der Waals surface area (Å²) in [5.74, 6) is -0.719. The summed E-state index contributed by atoms with van der Waals surface area (Å²) in [6.07, 6.45) is -1.00.